The average molecular weight is 374 g/mol. The summed E-state index contributed by atoms with van der Waals surface area (Å²) in [5.41, 5.74) is 2.80. The minimum Gasteiger partial charge on any atom is -0.443 e. The summed E-state index contributed by atoms with van der Waals surface area (Å²) in [5, 5.41) is 3.65. The van der Waals surface area contributed by atoms with Crippen LogP contribution in [0.2, 0.25) is 0 Å². The van der Waals surface area contributed by atoms with Gasteiger partial charge in [0.25, 0.3) is 0 Å². The summed E-state index contributed by atoms with van der Waals surface area (Å²) in [5.74, 6) is -0.315. The highest BCUT2D eigenvalue weighted by Gasteiger charge is 2.40. The van der Waals surface area contributed by atoms with Gasteiger partial charge in [-0.15, -0.1) is 0 Å². The zero-order chi connectivity index (χ0) is 19.1. The van der Waals surface area contributed by atoms with Gasteiger partial charge in [0.15, 0.2) is 5.79 Å². The number of amides is 1. The lowest BCUT2D eigenvalue weighted by Crippen LogP contribution is -2.39. The third kappa shape index (κ3) is 4.06. The van der Waals surface area contributed by atoms with Crippen LogP contribution in [0.1, 0.15) is 52.0 Å². The summed E-state index contributed by atoms with van der Waals surface area (Å²) in [6.07, 6.45) is 4.57. The van der Waals surface area contributed by atoms with Gasteiger partial charge < -0.3 is 19.5 Å². The Morgan fingerprint density at radius 2 is 1.93 bits per heavy atom. The molecule has 1 N–H and O–H groups in total. The van der Waals surface area contributed by atoms with Crippen molar-refractivity contribution in [3.05, 3.63) is 23.8 Å². The van der Waals surface area contributed by atoms with E-state index in [4.69, 9.17) is 14.2 Å². The van der Waals surface area contributed by atoms with Crippen molar-refractivity contribution in [3.63, 3.8) is 0 Å². The number of anilines is 2. The van der Waals surface area contributed by atoms with Crippen LogP contribution in [0.25, 0.3) is 0 Å². The number of nitrogens with zero attached hydrogens (tertiary/aromatic N) is 1. The minimum absolute atomic E-state index is 0.267. The lowest BCUT2D eigenvalue weighted by Gasteiger charge is -2.36. The molecule has 1 aliphatic carbocycles. The predicted molar refractivity (Wildman–Crippen MR) is 104 cm³/mol. The molecule has 2 heterocycles. The first-order chi connectivity index (χ1) is 12.8. The molecule has 1 saturated heterocycles. The Kier molecular flexibility index (Phi) is 4.80. The third-order valence-electron chi connectivity index (χ3n) is 5.52. The molecule has 0 bridgehead atoms. The molecule has 0 radical (unpaired) electrons. The zero-order valence-corrected chi connectivity index (χ0v) is 16.5. The molecule has 1 aromatic rings. The Bertz CT molecular complexity index is 697. The van der Waals surface area contributed by atoms with E-state index in [-0.39, 0.29) is 11.9 Å². The van der Waals surface area contributed by atoms with E-state index < -0.39 is 5.60 Å². The van der Waals surface area contributed by atoms with Gasteiger partial charge >= 0.3 is 6.09 Å². The van der Waals surface area contributed by atoms with Crippen molar-refractivity contribution < 1.29 is 19.0 Å². The number of ether oxygens (including phenoxy) is 3. The minimum atomic E-state index is -0.480. The summed E-state index contributed by atoms with van der Waals surface area (Å²) in [4.78, 5) is 14.2. The molecule has 1 saturated carbocycles. The number of hydrogen-bond donors (Lipinski definition) is 1. The van der Waals surface area contributed by atoms with Gasteiger partial charge in [-0.3, -0.25) is 4.90 Å². The highest BCUT2D eigenvalue weighted by molar-refractivity contribution is 5.91. The van der Waals surface area contributed by atoms with Crippen molar-refractivity contribution in [1.82, 2.24) is 0 Å². The van der Waals surface area contributed by atoms with Gasteiger partial charge in [-0.1, -0.05) is 0 Å². The molecule has 27 heavy (non-hydrogen) atoms. The first-order valence-corrected chi connectivity index (χ1v) is 10.0. The quantitative estimate of drug-likeness (QED) is 0.845. The molecule has 6 heteroatoms. The van der Waals surface area contributed by atoms with Crippen molar-refractivity contribution in [1.29, 1.82) is 0 Å². The van der Waals surface area contributed by atoms with Crippen LogP contribution in [0.15, 0.2) is 18.2 Å². The van der Waals surface area contributed by atoms with Crippen LogP contribution in [0, 0.1) is 0 Å². The maximum absolute atomic E-state index is 12.4. The molecule has 1 amide bonds. The molecule has 0 aromatic heterocycles. The molecule has 2 fully saturated rings. The highest BCUT2D eigenvalue weighted by atomic mass is 16.7. The Morgan fingerprint density at radius 3 is 2.59 bits per heavy atom. The first kappa shape index (κ1) is 18.6. The fraction of sp³-hybridized carbons (Fsp3) is 0.667. The van der Waals surface area contributed by atoms with Crippen molar-refractivity contribution in [2.24, 2.45) is 0 Å². The van der Waals surface area contributed by atoms with Crippen molar-refractivity contribution in [2.75, 3.05) is 30.0 Å². The standard InChI is InChI=1S/C21H30N2O4/c1-20(2,3)27-19(24)23-11-8-15-14-17(4-5-18(15)23)22-16-6-9-21(10-7-16)25-12-13-26-21/h4-5,14,16,22H,6-13H2,1-3H3. The van der Waals surface area contributed by atoms with Crippen LogP contribution in [0.4, 0.5) is 16.2 Å². The lowest BCUT2D eigenvalue weighted by atomic mass is 9.90. The molecule has 1 aromatic carbocycles. The summed E-state index contributed by atoms with van der Waals surface area (Å²) in [6, 6.07) is 6.70. The van der Waals surface area contributed by atoms with Crippen LogP contribution < -0.4 is 10.2 Å². The van der Waals surface area contributed by atoms with E-state index in [1.165, 1.54) is 5.56 Å². The number of fused-ring (bicyclic) bond motifs is 1. The Morgan fingerprint density at radius 1 is 1.22 bits per heavy atom. The SMILES string of the molecule is CC(C)(C)OC(=O)N1CCc2cc(NC3CCC4(CC3)OCCO4)ccc21. The lowest BCUT2D eigenvalue weighted by molar-refractivity contribution is -0.177. The monoisotopic (exact) mass is 374 g/mol. The Balaban J connectivity index is 1.37. The summed E-state index contributed by atoms with van der Waals surface area (Å²) in [7, 11) is 0. The maximum Gasteiger partial charge on any atom is 0.414 e. The molecule has 4 rings (SSSR count). The van der Waals surface area contributed by atoms with E-state index in [9.17, 15) is 4.79 Å². The van der Waals surface area contributed by atoms with Crippen molar-refractivity contribution in [2.45, 2.75) is 70.3 Å². The topological polar surface area (TPSA) is 60.0 Å². The van der Waals surface area contributed by atoms with Gasteiger partial charge in [0.05, 0.1) is 18.9 Å². The number of benzene rings is 1. The molecule has 0 unspecified atom stereocenters. The molecule has 3 aliphatic rings. The fourth-order valence-electron chi connectivity index (χ4n) is 4.22. The number of carbonyl (C=O) groups excluding carboxylic acids is 1. The normalized spacial score (nSPS) is 22.1. The number of hydrogen-bond acceptors (Lipinski definition) is 5. The zero-order valence-electron chi connectivity index (χ0n) is 16.5. The number of rotatable bonds is 2. The van der Waals surface area contributed by atoms with E-state index in [0.717, 1.165) is 56.7 Å². The fourth-order valence-corrected chi connectivity index (χ4v) is 4.22. The van der Waals surface area contributed by atoms with Gasteiger partial charge in [-0.2, -0.15) is 0 Å². The number of nitrogens with one attached hydrogen (secondary N) is 1. The second kappa shape index (κ2) is 6.99. The molecule has 2 aliphatic heterocycles. The van der Waals surface area contributed by atoms with Gasteiger partial charge in [0.1, 0.15) is 5.60 Å². The molecular weight excluding hydrogens is 344 g/mol. The molecule has 1 spiro atoms. The van der Waals surface area contributed by atoms with Crippen LogP contribution in [-0.4, -0.2) is 43.3 Å². The average Bonchev–Trinajstić information content (AvgIpc) is 3.23. The first-order valence-electron chi connectivity index (χ1n) is 10.0. The van der Waals surface area contributed by atoms with E-state index in [2.05, 4.69) is 17.4 Å². The third-order valence-corrected chi connectivity index (χ3v) is 5.52. The van der Waals surface area contributed by atoms with E-state index in [1.807, 2.05) is 26.8 Å². The van der Waals surface area contributed by atoms with Crippen molar-refractivity contribution in [3.8, 4) is 0 Å². The van der Waals surface area contributed by atoms with Crippen LogP contribution in [0.5, 0.6) is 0 Å². The Hall–Kier alpha value is -1.79. The molecule has 6 nitrogen and oxygen atoms in total. The van der Waals surface area contributed by atoms with E-state index in [0.29, 0.717) is 12.6 Å². The number of carbonyl (C=O) groups is 1. The summed E-state index contributed by atoms with van der Waals surface area (Å²) >= 11 is 0. The molecule has 0 atom stereocenters. The van der Waals surface area contributed by atoms with Gasteiger partial charge in [-0.25, -0.2) is 4.79 Å². The summed E-state index contributed by atoms with van der Waals surface area (Å²) < 4.78 is 17.1. The molecular formula is C21H30N2O4. The highest BCUT2D eigenvalue weighted by Crippen LogP contribution is 2.37. The van der Waals surface area contributed by atoms with Gasteiger partial charge in [0.2, 0.25) is 0 Å². The van der Waals surface area contributed by atoms with E-state index in [1.54, 1.807) is 4.90 Å². The van der Waals surface area contributed by atoms with Crippen molar-refractivity contribution >= 4 is 17.5 Å². The predicted octanol–water partition coefficient (Wildman–Crippen LogP) is 4.08. The second-order valence-electron chi connectivity index (χ2n) is 8.75. The summed E-state index contributed by atoms with van der Waals surface area (Å²) in [6.45, 7) is 7.79. The largest absolute Gasteiger partial charge is 0.443 e. The molecule has 148 valence electrons. The van der Waals surface area contributed by atoms with Gasteiger partial charge in [0, 0.05) is 31.1 Å². The van der Waals surface area contributed by atoms with E-state index >= 15 is 0 Å². The Labute approximate surface area is 161 Å². The second-order valence-corrected chi connectivity index (χ2v) is 8.75. The maximum atomic E-state index is 12.4. The smallest absolute Gasteiger partial charge is 0.414 e. The van der Waals surface area contributed by atoms with Crippen LogP contribution >= 0.6 is 0 Å². The van der Waals surface area contributed by atoms with Crippen LogP contribution in [0.3, 0.4) is 0 Å². The van der Waals surface area contributed by atoms with Crippen LogP contribution in [-0.2, 0) is 20.6 Å². The van der Waals surface area contributed by atoms with Gasteiger partial charge in [-0.05, 0) is 63.8 Å².